The lowest BCUT2D eigenvalue weighted by molar-refractivity contribution is -0.119. The maximum atomic E-state index is 11.3. The zero-order valence-electron chi connectivity index (χ0n) is 9.42. The molecule has 3 N–H and O–H groups in total. The average Bonchev–Trinajstić information content (AvgIpc) is 2.35. The summed E-state index contributed by atoms with van der Waals surface area (Å²) in [6, 6.07) is 10.3. The van der Waals surface area contributed by atoms with Gasteiger partial charge >= 0.3 is 5.97 Å². The Morgan fingerprint density at radius 1 is 1.17 bits per heavy atom. The largest absolute Gasteiger partial charge is 0.483 e. The van der Waals surface area contributed by atoms with Crippen LogP contribution in [-0.4, -0.2) is 23.6 Å². The van der Waals surface area contributed by atoms with Gasteiger partial charge < -0.3 is 15.6 Å². The van der Waals surface area contributed by atoms with E-state index in [2.05, 4.69) is 0 Å². The zero-order valence-corrected chi connectivity index (χ0v) is 9.42. The van der Waals surface area contributed by atoms with E-state index in [1.54, 1.807) is 24.3 Å². The molecule has 0 radical (unpaired) electrons. The Morgan fingerprint density at radius 2 is 1.89 bits per heavy atom. The Hall–Kier alpha value is -2.56. The quantitative estimate of drug-likeness (QED) is 0.852. The number of nitrogens with two attached hydrogens (primary N) is 1. The lowest BCUT2D eigenvalue weighted by Crippen LogP contribution is -2.20. The second-order valence-electron chi connectivity index (χ2n) is 3.72. The van der Waals surface area contributed by atoms with Crippen LogP contribution in [0.25, 0.3) is 10.8 Å². The zero-order chi connectivity index (χ0) is 13.1. The molecule has 2 aromatic rings. The summed E-state index contributed by atoms with van der Waals surface area (Å²) >= 11 is 0. The molecule has 0 aliphatic heterocycles. The van der Waals surface area contributed by atoms with Crippen molar-refractivity contribution >= 4 is 22.6 Å². The molecular weight excluding hydrogens is 234 g/mol. The normalized spacial score (nSPS) is 10.2. The van der Waals surface area contributed by atoms with Crippen molar-refractivity contribution in [3.05, 3.63) is 42.0 Å². The highest BCUT2D eigenvalue weighted by molar-refractivity contribution is 6.06. The Balaban J connectivity index is 2.55. The molecule has 0 saturated heterocycles. The molecule has 5 nitrogen and oxygen atoms in total. The van der Waals surface area contributed by atoms with Crippen molar-refractivity contribution < 1.29 is 19.4 Å². The van der Waals surface area contributed by atoms with Crippen LogP contribution in [0.1, 0.15) is 10.4 Å². The minimum absolute atomic E-state index is 0.0364. The van der Waals surface area contributed by atoms with Crippen LogP contribution in [0.4, 0.5) is 0 Å². The maximum Gasteiger partial charge on any atom is 0.340 e. The van der Waals surface area contributed by atoms with Gasteiger partial charge in [-0.1, -0.05) is 30.3 Å². The molecule has 92 valence electrons. The number of primary amides is 1. The van der Waals surface area contributed by atoms with Crippen molar-refractivity contribution in [2.75, 3.05) is 6.61 Å². The Morgan fingerprint density at radius 3 is 2.56 bits per heavy atom. The van der Waals surface area contributed by atoms with Crippen LogP contribution in [-0.2, 0) is 4.79 Å². The van der Waals surface area contributed by atoms with Gasteiger partial charge in [0.15, 0.2) is 6.61 Å². The van der Waals surface area contributed by atoms with E-state index in [1.165, 1.54) is 6.07 Å². The second kappa shape index (κ2) is 4.75. The average molecular weight is 245 g/mol. The second-order valence-corrected chi connectivity index (χ2v) is 3.72. The third-order valence-corrected chi connectivity index (χ3v) is 2.47. The fraction of sp³-hybridized carbons (Fsp3) is 0.0769. The van der Waals surface area contributed by atoms with Crippen LogP contribution in [0.5, 0.6) is 5.75 Å². The first kappa shape index (κ1) is 11.9. The summed E-state index contributed by atoms with van der Waals surface area (Å²) in [7, 11) is 0. The van der Waals surface area contributed by atoms with Gasteiger partial charge in [0.05, 0.1) is 0 Å². The number of amides is 1. The van der Waals surface area contributed by atoms with Crippen LogP contribution in [0.15, 0.2) is 36.4 Å². The molecule has 0 atom stereocenters. The number of ether oxygens (including phenoxy) is 1. The van der Waals surface area contributed by atoms with Gasteiger partial charge in [0, 0.05) is 0 Å². The van der Waals surface area contributed by atoms with Crippen LogP contribution < -0.4 is 10.5 Å². The summed E-state index contributed by atoms with van der Waals surface area (Å²) < 4.78 is 5.11. The van der Waals surface area contributed by atoms with Crippen LogP contribution in [0, 0.1) is 0 Å². The Kier molecular flexibility index (Phi) is 3.14. The smallest absolute Gasteiger partial charge is 0.340 e. The standard InChI is InChI=1S/C13H11NO4/c14-11(15)7-18-10-6-5-8-3-1-2-4-9(8)12(10)13(16)17/h1-6H,7H2,(H2,14,15)(H,16,17). The molecule has 0 heterocycles. The number of hydrogen-bond acceptors (Lipinski definition) is 3. The van der Waals surface area contributed by atoms with E-state index < -0.39 is 11.9 Å². The van der Waals surface area contributed by atoms with E-state index in [0.29, 0.717) is 5.39 Å². The van der Waals surface area contributed by atoms with Crippen LogP contribution >= 0.6 is 0 Å². The van der Waals surface area contributed by atoms with E-state index >= 15 is 0 Å². The van der Waals surface area contributed by atoms with E-state index in [-0.39, 0.29) is 17.9 Å². The lowest BCUT2D eigenvalue weighted by atomic mass is 10.0. The molecular formula is C13H11NO4. The van der Waals surface area contributed by atoms with Gasteiger partial charge in [-0.2, -0.15) is 0 Å². The van der Waals surface area contributed by atoms with E-state index in [0.717, 1.165) is 5.39 Å². The van der Waals surface area contributed by atoms with Crippen molar-refractivity contribution in [1.82, 2.24) is 0 Å². The van der Waals surface area contributed by atoms with Gasteiger partial charge in [-0.25, -0.2) is 4.79 Å². The van der Waals surface area contributed by atoms with Gasteiger partial charge in [0.2, 0.25) is 0 Å². The summed E-state index contributed by atoms with van der Waals surface area (Å²) in [5.41, 5.74) is 5.00. The lowest BCUT2D eigenvalue weighted by Gasteiger charge is -2.10. The number of carbonyl (C=O) groups is 2. The predicted octanol–water partition coefficient (Wildman–Crippen LogP) is 1.40. The van der Waals surface area contributed by atoms with Crippen LogP contribution in [0.3, 0.4) is 0 Å². The summed E-state index contributed by atoms with van der Waals surface area (Å²) in [6.45, 7) is -0.349. The molecule has 0 spiro atoms. The summed E-state index contributed by atoms with van der Waals surface area (Å²) in [5, 5.41) is 10.6. The topological polar surface area (TPSA) is 89.6 Å². The molecule has 5 heteroatoms. The molecule has 0 aliphatic rings. The first-order valence-corrected chi connectivity index (χ1v) is 5.25. The molecule has 2 aromatic carbocycles. The SMILES string of the molecule is NC(=O)COc1ccc2ccccc2c1C(=O)O. The van der Waals surface area contributed by atoms with Gasteiger partial charge in [-0.05, 0) is 16.8 Å². The number of benzene rings is 2. The molecule has 2 rings (SSSR count). The summed E-state index contributed by atoms with van der Waals surface area (Å²) in [4.78, 5) is 22.0. The molecule has 18 heavy (non-hydrogen) atoms. The van der Waals surface area contributed by atoms with Gasteiger partial charge in [0.25, 0.3) is 5.91 Å². The highest BCUT2D eigenvalue weighted by atomic mass is 16.5. The van der Waals surface area contributed by atoms with Gasteiger partial charge in [-0.15, -0.1) is 0 Å². The van der Waals surface area contributed by atoms with Crippen molar-refractivity contribution in [3.8, 4) is 5.75 Å². The van der Waals surface area contributed by atoms with E-state index in [1.807, 2.05) is 6.07 Å². The first-order chi connectivity index (χ1) is 8.59. The van der Waals surface area contributed by atoms with E-state index in [9.17, 15) is 14.7 Å². The molecule has 0 bridgehead atoms. The minimum Gasteiger partial charge on any atom is -0.483 e. The molecule has 0 aromatic heterocycles. The minimum atomic E-state index is -1.11. The highest BCUT2D eigenvalue weighted by Crippen LogP contribution is 2.28. The van der Waals surface area contributed by atoms with Gasteiger partial charge in [-0.3, -0.25) is 4.79 Å². The number of fused-ring (bicyclic) bond motifs is 1. The number of hydrogen-bond donors (Lipinski definition) is 2. The van der Waals surface area contributed by atoms with Crippen molar-refractivity contribution in [2.45, 2.75) is 0 Å². The number of carbonyl (C=O) groups excluding carboxylic acids is 1. The van der Waals surface area contributed by atoms with Gasteiger partial charge in [0.1, 0.15) is 11.3 Å². The van der Waals surface area contributed by atoms with E-state index in [4.69, 9.17) is 10.5 Å². The highest BCUT2D eigenvalue weighted by Gasteiger charge is 2.15. The van der Waals surface area contributed by atoms with Crippen molar-refractivity contribution in [2.24, 2.45) is 5.73 Å². The fourth-order valence-electron chi connectivity index (χ4n) is 1.74. The predicted molar refractivity (Wildman–Crippen MR) is 65.6 cm³/mol. The number of carboxylic acid groups (broad SMARTS) is 1. The molecule has 0 unspecified atom stereocenters. The maximum absolute atomic E-state index is 11.3. The molecule has 0 fully saturated rings. The number of carboxylic acids is 1. The fourth-order valence-corrected chi connectivity index (χ4v) is 1.74. The monoisotopic (exact) mass is 245 g/mol. The third-order valence-electron chi connectivity index (χ3n) is 2.47. The third kappa shape index (κ3) is 2.24. The molecule has 0 aliphatic carbocycles. The number of aromatic carboxylic acids is 1. The first-order valence-electron chi connectivity index (χ1n) is 5.25. The Labute approximate surface area is 103 Å². The van der Waals surface area contributed by atoms with Crippen molar-refractivity contribution in [1.29, 1.82) is 0 Å². The van der Waals surface area contributed by atoms with Crippen LogP contribution in [0.2, 0.25) is 0 Å². The van der Waals surface area contributed by atoms with Crippen molar-refractivity contribution in [3.63, 3.8) is 0 Å². The Bertz CT molecular complexity index is 621. The number of rotatable bonds is 4. The summed E-state index contributed by atoms with van der Waals surface area (Å²) in [5.74, 6) is -1.62. The molecule has 1 amide bonds. The summed E-state index contributed by atoms with van der Waals surface area (Å²) in [6.07, 6.45) is 0. The molecule has 0 saturated carbocycles.